The highest BCUT2D eigenvalue weighted by Gasteiger charge is 2.04. The van der Waals surface area contributed by atoms with Gasteiger partial charge in [-0.3, -0.25) is 0 Å². The van der Waals surface area contributed by atoms with Crippen molar-refractivity contribution in [1.82, 2.24) is 4.98 Å². The molecule has 2 N–H and O–H groups in total. The Kier molecular flexibility index (Phi) is 4.07. The predicted octanol–water partition coefficient (Wildman–Crippen LogP) is 3.68. The van der Waals surface area contributed by atoms with Crippen LogP contribution < -0.4 is 5.73 Å². The lowest BCUT2D eigenvalue weighted by atomic mass is 10.2. The minimum Gasteiger partial charge on any atom is -0.398 e. The first-order chi connectivity index (χ1) is 8.18. The number of nitrogen functional groups attached to an aromatic ring is 1. The van der Waals surface area contributed by atoms with Gasteiger partial charge in [-0.1, -0.05) is 6.07 Å². The molecule has 90 valence electrons. The number of thioether (sulfide) groups is 1. The van der Waals surface area contributed by atoms with Crippen LogP contribution in [0, 0.1) is 13.8 Å². The van der Waals surface area contributed by atoms with Crippen molar-refractivity contribution in [1.29, 1.82) is 0 Å². The van der Waals surface area contributed by atoms with Crippen molar-refractivity contribution in [3.8, 4) is 0 Å². The van der Waals surface area contributed by atoms with Crippen molar-refractivity contribution >= 4 is 28.8 Å². The molecule has 1 heterocycles. The highest BCUT2D eigenvalue weighted by atomic mass is 32.2. The third-order valence-corrected chi connectivity index (χ3v) is 4.91. The molecule has 0 aliphatic carbocycles. The zero-order valence-electron chi connectivity index (χ0n) is 10.1. The number of nitrogens with zero attached hydrogens (tertiary/aromatic N) is 1. The second kappa shape index (κ2) is 5.56. The molecule has 0 radical (unpaired) electrons. The summed E-state index contributed by atoms with van der Waals surface area (Å²) in [6, 6.07) is 6.10. The first-order valence-corrected chi connectivity index (χ1v) is 7.42. The van der Waals surface area contributed by atoms with Crippen molar-refractivity contribution in [2.75, 3.05) is 11.5 Å². The van der Waals surface area contributed by atoms with Gasteiger partial charge in [-0.25, -0.2) is 4.98 Å². The summed E-state index contributed by atoms with van der Waals surface area (Å²) in [7, 11) is 0. The van der Waals surface area contributed by atoms with E-state index in [1.807, 2.05) is 29.4 Å². The quantitative estimate of drug-likeness (QED) is 0.676. The second-order valence-electron chi connectivity index (χ2n) is 3.93. The minimum absolute atomic E-state index is 0.879. The maximum Gasteiger partial charge on any atom is 0.0797 e. The van der Waals surface area contributed by atoms with Crippen LogP contribution in [0.4, 0.5) is 5.69 Å². The zero-order chi connectivity index (χ0) is 12.3. The van der Waals surface area contributed by atoms with Gasteiger partial charge in [0.1, 0.15) is 0 Å². The summed E-state index contributed by atoms with van der Waals surface area (Å²) in [6.07, 6.45) is 1.08. The standard InChI is InChI=1S/C13H16N2S2/c1-9-11(14)4-3-5-12(9)16-7-6-13-10(2)15-8-17-13/h3-5,8H,6-7,14H2,1-2H3. The molecule has 0 spiro atoms. The lowest BCUT2D eigenvalue weighted by Crippen LogP contribution is -1.93. The number of nitrogens with two attached hydrogens (primary N) is 1. The summed E-state index contributed by atoms with van der Waals surface area (Å²) < 4.78 is 0. The van der Waals surface area contributed by atoms with Crippen LogP contribution in [0.1, 0.15) is 16.1 Å². The third kappa shape index (κ3) is 3.01. The molecular formula is C13H16N2S2. The van der Waals surface area contributed by atoms with Crippen molar-refractivity contribution in [3.05, 3.63) is 39.8 Å². The minimum atomic E-state index is 0.879. The normalized spacial score (nSPS) is 10.7. The average molecular weight is 264 g/mol. The predicted molar refractivity (Wildman–Crippen MR) is 76.9 cm³/mol. The number of rotatable bonds is 4. The maximum absolute atomic E-state index is 5.89. The monoisotopic (exact) mass is 264 g/mol. The summed E-state index contributed by atoms with van der Waals surface area (Å²) in [6.45, 7) is 4.15. The molecule has 4 heteroatoms. The summed E-state index contributed by atoms with van der Waals surface area (Å²) >= 11 is 3.61. The van der Waals surface area contributed by atoms with Crippen LogP contribution in [0.3, 0.4) is 0 Å². The molecule has 0 saturated carbocycles. The van der Waals surface area contributed by atoms with Crippen LogP contribution in [0.25, 0.3) is 0 Å². The fourth-order valence-electron chi connectivity index (χ4n) is 1.61. The van der Waals surface area contributed by atoms with Crippen molar-refractivity contribution in [3.63, 3.8) is 0 Å². The molecule has 0 unspecified atom stereocenters. The van der Waals surface area contributed by atoms with Gasteiger partial charge in [0, 0.05) is 21.2 Å². The Morgan fingerprint density at radius 2 is 2.18 bits per heavy atom. The molecule has 2 rings (SSSR count). The molecule has 0 aliphatic rings. The summed E-state index contributed by atoms with van der Waals surface area (Å²) in [5, 5.41) is 0. The van der Waals surface area contributed by atoms with Gasteiger partial charge in [-0.05, 0) is 38.0 Å². The number of anilines is 1. The molecule has 0 atom stereocenters. The molecule has 1 aromatic heterocycles. The molecule has 2 nitrogen and oxygen atoms in total. The Morgan fingerprint density at radius 3 is 2.88 bits per heavy atom. The topological polar surface area (TPSA) is 38.9 Å². The van der Waals surface area contributed by atoms with E-state index in [9.17, 15) is 0 Å². The first kappa shape index (κ1) is 12.5. The number of benzene rings is 1. The van der Waals surface area contributed by atoms with E-state index in [2.05, 4.69) is 24.9 Å². The molecule has 0 amide bonds. The third-order valence-electron chi connectivity index (χ3n) is 2.76. The van der Waals surface area contributed by atoms with E-state index in [-0.39, 0.29) is 0 Å². The Labute approximate surface area is 110 Å². The summed E-state index contributed by atoms with van der Waals surface area (Å²) in [5.74, 6) is 1.08. The van der Waals surface area contributed by atoms with E-state index in [1.54, 1.807) is 11.3 Å². The molecule has 1 aromatic carbocycles. The first-order valence-electron chi connectivity index (χ1n) is 5.55. The molecule has 0 aliphatic heterocycles. The maximum atomic E-state index is 5.89. The van der Waals surface area contributed by atoms with Gasteiger partial charge in [0.2, 0.25) is 0 Å². The largest absolute Gasteiger partial charge is 0.398 e. The van der Waals surface area contributed by atoms with Gasteiger partial charge in [-0.15, -0.1) is 23.1 Å². The van der Waals surface area contributed by atoms with Crippen LogP contribution in [0.5, 0.6) is 0 Å². The highest BCUT2D eigenvalue weighted by Crippen LogP contribution is 2.27. The molecule has 17 heavy (non-hydrogen) atoms. The van der Waals surface area contributed by atoms with E-state index in [4.69, 9.17) is 5.73 Å². The SMILES string of the molecule is Cc1ncsc1CCSc1cccc(N)c1C. The molecule has 2 aromatic rings. The number of thiazole rings is 1. The number of aromatic nitrogens is 1. The lowest BCUT2D eigenvalue weighted by molar-refractivity contribution is 1.12. The van der Waals surface area contributed by atoms with Gasteiger partial charge >= 0.3 is 0 Å². The van der Waals surface area contributed by atoms with Gasteiger partial charge in [0.15, 0.2) is 0 Å². The second-order valence-corrected chi connectivity index (χ2v) is 6.01. The number of aryl methyl sites for hydroxylation is 2. The average Bonchev–Trinajstić information content (AvgIpc) is 2.71. The smallest absolute Gasteiger partial charge is 0.0797 e. The van der Waals surface area contributed by atoms with Crippen LogP contribution >= 0.6 is 23.1 Å². The van der Waals surface area contributed by atoms with E-state index >= 15 is 0 Å². The summed E-state index contributed by atoms with van der Waals surface area (Å²) in [4.78, 5) is 6.94. The van der Waals surface area contributed by atoms with E-state index in [0.29, 0.717) is 0 Å². The van der Waals surface area contributed by atoms with Crippen LogP contribution in [0.2, 0.25) is 0 Å². The molecule has 0 bridgehead atoms. The Balaban J connectivity index is 1.95. The lowest BCUT2D eigenvalue weighted by Gasteiger charge is -2.07. The van der Waals surface area contributed by atoms with Crippen molar-refractivity contribution in [2.24, 2.45) is 0 Å². The van der Waals surface area contributed by atoms with Gasteiger partial charge in [-0.2, -0.15) is 0 Å². The Morgan fingerprint density at radius 1 is 1.35 bits per heavy atom. The van der Waals surface area contributed by atoms with Gasteiger partial charge in [0.05, 0.1) is 11.2 Å². The Bertz CT molecular complexity index is 506. The van der Waals surface area contributed by atoms with E-state index in [1.165, 1.54) is 21.0 Å². The summed E-state index contributed by atoms with van der Waals surface area (Å²) in [5.41, 5.74) is 11.0. The molecular weight excluding hydrogens is 248 g/mol. The Hall–Kier alpha value is -1.00. The zero-order valence-corrected chi connectivity index (χ0v) is 11.7. The van der Waals surface area contributed by atoms with E-state index in [0.717, 1.165) is 17.9 Å². The van der Waals surface area contributed by atoms with Crippen molar-refractivity contribution < 1.29 is 0 Å². The number of hydrogen-bond donors (Lipinski definition) is 1. The van der Waals surface area contributed by atoms with E-state index < -0.39 is 0 Å². The van der Waals surface area contributed by atoms with Crippen LogP contribution in [-0.4, -0.2) is 10.7 Å². The molecule has 0 saturated heterocycles. The van der Waals surface area contributed by atoms with Gasteiger partial charge in [0.25, 0.3) is 0 Å². The van der Waals surface area contributed by atoms with Crippen LogP contribution in [0.15, 0.2) is 28.6 Å². The van der Waals surface area contributed by atoms with Crippen LogP contribution in [-0.2, 0) is 6.42 Å². The number of hydrogen-bond acceptors (Lipinski definition) is 4. The fourth-order valence-corrected chi connectivity index (χ4v) is 3.55. The highest BCUT2D eigenvalue weighted by molar-refractivity contribution is 7.99. The van der Waals surface area contributed by atoms with Crippen molar-refractivity contribution in [2.45, 2.75) is 25.2 Å². The fraction of sp³-hybridized carbons (Fsp3) is 0.308. The molecule has 0 fully saturated rings. The van der Waals surface area contributed by atoms with Gasteiger partial charge < -0.3 is 5.73 Å².